The molecule has 1 aliphatic carbocycles. The summed E-state index contributed by atoms with van der Waals surface area (Å²) >= 11 is 0. The SMILES string of the molecule is COC([O-])=C1CCCCC1.[Li+]. The summed E-state index contributed by atoms with van der Waals surface area (Å²) in [5, 5.41) is 10.9. The minimum absolute atomic E-state index is 0. The zero-order valence-electron chi connectivity index (χ0n) is 7.35. The van der Waals surface area contributed by atoms with E-state index in [0.29, 0.717) is 0 Å². The number of ether oxygens (including phenoxy) is 1. The van der Waals surface area contributed by atoms with E-state index in [1.807, 2.05) is 0 Å². The molecule has 2 nitrogen and oxygen atoms in total. The standard InChI is InChI=1S/C8H14O2.Li/c1-10-8(9)7-5-3-2-4-6-7;/h9H,2-6H2,1H3;/q;+1/p-1. The van der Waals surface area contributed by atoms with Gasteiger partial charge in [-0.3, -0.25) is 0 Å². The van der Waals surface area contributed by atoms with Gasteiger partial charge >= 0.3 is 18.9 Å². The minimum Gasteiger partial charge on any atom is -0.617 e. The quantitative estimate of drug-likeness (QED) is 0.324. The molecule has 0 N–H and O–H groups in total. The van der Waals surface area contributed by atoms with Crippen molar-refractivity contribution >= 4 is 0 Å². The van der Waals surface area contributed by atoms with Crippen molar-refractivity contribution < 1.29 is 28.7 Å². The third-order valence-corrected chi connectivity index (χ3v) is 1.93. The maximum Gasteiger partial charge on any atom is 1.00 e. The van der Waals surface area contributed by atoms with Crippen LogP contribution in [0.5, 0.6) is 0 Å². The fourth-order valence-corrected chi connectivity index (χ4v) is 1.33. The van der Waals surface area contributed by atoms with E-state index >= 15 is 0 Å². The molecule has 0 aliphatic heterocycles. The molecule has 3 heteroatoms. The van der Waals surface area contributed by atoms with Gasteiger partial charge in [-0.15, -0.1) is 0 Å². The zero-order valence-corrected chi connectivity index (χ0v) is 7.35. The smallest absolute Gasteiger partial charge is 0.617 e. The molecular weight excluding hydrogens is 135 g/mol. The Balaban J connectivity index is 0.000001000. The van der Waals surface area contributed by atoms with Gasteiger partial charge in [0.15, 0.2) is 0 Å². The Morgan fingerprint density at radius 2 is 1.82 bits per heavy atom. The van der Waals surface area contributed by atoms with Gasteiger partial charge in [0.2, 0.25) is 0 Å². The first-order valence-corrected chi connectivity index (χ1v) is 3.77. The van der Waals surface area contributed by atoms with Gasteiger partial charge in [0.25, 0.3) is 0 Å². The van der Waals surface area contributed by atoms with Crippen LogP contribution in [0.4, 0.5) is 0 Å². The molecule has 0 heterocycles. The van der Waals surface area contributed by atoms with Gasteiger partial charge in [-0.25, -0.2) is 0 Å². The largest absolute Gasteiger partial charge is 1.00 e. The summed E-state index contributed by atoms with van der Waals surface area (Å²) in [7, 11) is 1.45. The van der Waals surface area contributed by atoms with E-state index in [0.717, 1.165) is 31.3 Å². The Hall–Kier alpha value is -0.0626. The summed E-state index contributed by atoms with van der Waals surface area (Å²) in [6, 6.07) is 0. The molecule has 1 fully saturated rings. The number of hydrogen-bond acceptors (Lipinski definition) is 2. The number of methoxy groups -OCH3 is 1. The molecule has 0 saturated heterocycles. The Bertz CT molecular complexity index is 135. The van der Waals surface area contributed by atoms with Gasteiger partial charge in [-0.1, -0.05) is 6.42 Å². The van der Waals surface area contributed by atoms with Crippen LogP contribution in [0.2, 0.25) is 0 Å². The first-order chi connectivity index (χ1) is 4.84. The van der Waals surface area contributed by atoms with Crippen molar-refractivity contribution in [1.29, 1.82) is 0 Å². The van der Waals surface area contributed by atoms with Gasteiger partial charge in [0.1, 0.15) is 0 Å². The molecule has 0 aromatic carbocycles. The van der Waals surface area contributed by atoms with E-state index < -0.39 is 0 Å². The van der Waals surface area contributed by atoms with Crippen molar-refractivity contribution in [2.45, 2.75) is 32.1 Å². The zero-order chi connectivity index (χ0) is 7.40. The van der Waals surface area contributed by atoms with Gasteiger partial charge in [0, 0.05) is 0 Å². The van der Waals surface area contributed by atoms with Crippen LogP contribution in [-0.4, -0.2) is 7.11 Å². The molecule has 1 rings (SSSR count). The Morgan fingerprint density at radius 1 is 1.27 bits per heavy atom. The van der Waals surface area contributed by atoms with E-state index in [2.05, 4.69) is 4.74 Å². The topological polar surface area (TPSA) is 32.3 Å². The molecule has 0 bridgehead atoms. The molecule has 11 heavy (non-hydrogen) atoms. The molecule has 1 saturated carbocycles. The maximum absolute atomic E-state index is 10.9. The second kappa shape index (κ2) is 5.57. The van der Waals surface area contributed by atoms with Crippen LogP contribution in [0, 0.1) is 0 Å². The molecule has 58 valence electrons. The molecule has 0 spiro atoms. The van der Waals surface area contributed by atoms with Crippen LogP contribution < -0.4 is 24.0 Å². The minimum atomic E-state index is -0.0975. The van der Waals surface area contributed by atoms with E-state index in [-0.39, 0.29) is 24.8 Å². The number of hydrogen-bond donors (Lipinski definition) is 0. The molecule has 1 aliphatic rings. The molecule has 0 amide bonds. The van der Waals surface area contributed by atoms with Crippen LogP contribution in [0.15, 0.2) is 11.5 Å². The summed E-state index contributed by atoms with van der Waals surface area (Å²) in [5.74, 6) is -0.0975. The van der Waals surface area contributed by atoms with Crippen molar-refractivity contribution in [2.24, 2.45) is 0 Å². The van der Waals surface area contributed by atoms with Crippen molar-refractivity contribution in [1.82, 2.24) is 0 Å². The van der Waals surface area contributed by atoms with Gasteiger partial charge in [-0.2, -0.15) is 0 Å². The Morgan fingerprint density at radius 3 is 2.27 bits per heavy atom. The van der Waals surface area contributed by atoms with Crippen LogP contribution in [0.3, 0.4) is 0 Å². The molecule has 0 radical (unpaired) electrons. The van der Waals surface area contributed by atoms with Crippen LogP contribution in [0.1, 0.15) is 32.1 Å². The monoisotopic (exact) mass is 148 g/mol. The fourth-order valence-electron chi connectivity index (χ4n) is 1.33. The van der Waals surface area contributed by atoms with Crippen LogP contribution in [0.25, 0.3) is 0 Å². The first kappa shape index (κ1) is 10.9. The second-order valence-corrected chi connectivity index (χ2v) is 2.66. The molecular formula is C8H13LiO2. The third kappa shape index (κ3) is 3.22. The van der Waals surface area contributed by atoms with E-state index in [9.17, 15) is 5.11 Å². The molecule has 0 aromatic rings. The summed E-state index contributed by atoms with van der Waals surface area (Å²) < 4.78 is 4.61. The number of allylic oxidation sites excluding steroid dienone is 1. The van der Waals surface area contributed by atoms with Crippen LogP contribution in [-0.2, 0) is 4.74 Å². The third-order valence-electron chi connectivity index (χ3n) is 1.93. The normalized spacial score (nSPS) is 17.0. The van der Waals surface area contributed by atoms with E-state index in [1.165, 1.54) is 13.5 Å². The first-order valence-electron chi connectivity index (χ1n) is 3.77. The van der Waals surface area contributed by atoms with Crippen LogP contribution >= 0.6 is 0 Å². The predicted octanol–water partition coefficient (Wildman–Crippen LogP) is -1.83. The molecule has 0 unspecified atom stereocenters. The second-order valence-electron chi connectivity index (χ2n) is 2.66. The number of rotatable bonds is 1. The molecule has 0 aromatic heterocycles. The van der Waals surface area contributed by atoms with Crippen molar-refractivity contribution in [3.05, 3.63) is 11.5 Å². The van der Waals surface area contributed by atoms with Crippen molar-refractivity contribution in [3.63, 3.8) is 0 Å². The average Bonchev–Trinajstić information content (AvgIpc) is 2.05. The Kier molecular flexibility index (Phi) is 5.54. The average molecular weight is 148 g/mol. The van der Waals surface area contributed by atoms with Gasteiger partial charge in [-0.05, 0) is 38.4 Å². The van der Waals surface area contributed by atoms with Crippen molar-refractivity contribution in [2.75, 3.05) is 7.11 Å². The van der Waals surface area contributed by atoms with Gasteiger partial charge < -0.3 is 9.84 Å². The predicted molar refractivity (Wildman–Crippen MR) is 37.1 cm³/mol. The van der Waals surface area contributed by atoms with Crippen molar-refractivity contribution in [3.8, 4) is 0 Å². The summed E-state index contributed by atoms with van der Waals surface area (Å²) in [6.45, 7) is 0. The summed E-state index contributed by atoms with van der Waals surface area (Å²) in [6.07, 6.45) is 5.48. The fraction of sp³-hybridized carbons (Fsp3) is 0.750. The van der Waals surface area contributed by atoms with Gasteiger partial charge in [0.05, 0.1) is 5.95 Å². The Labute approximate surface area is 79.8 Å². The molecule has 0 atom stereocenters. The van der Waals surface area contributed by atoms with E-state index in [4.69, 9.17) is 0 Å². The summed E-state index contributed by atoms with van der Waals surface area (Å²) in [4.78, 5) is 0. The summed E-state index contributed by atoms with van der Waals surface area (Å²) in [5.41, 5.74) is 0.980. The van der Waals surface area contributed by atoms with E-state index in [1.54, 1.807) is 0 Å². The maximum atomic E-state index is 10.9.